The standard InChI is InChI=1S/C20H18ClFN2O2S/c1-2-26-12-11-24-17-9-8-15(22)13-18(17)27-20(24)23-19(25)10-7-14-5-3-4-6-16(14)21/h3-10,13H,2,11-12H2,1H3/b10-7+,23-20?. The molecule has 1 amide bonds. The van der Waals surface area contributed by atoms with Gasteiger partial charge in [-0.2, -0.15) is 4.99 Å². The van der Waals surface area contributed by atoms with Crippen LogP contribution in [0.25, 0.3) is 16.3 Å². The van der Waals surface area contributed by atoms with Gasteiger partial charge in [0.2, 0.25) is 0 Å². The molecule has 1 aromatic heterocycles. The molecule has 0 aliphatic rings. The Morgan fingerprint density at radius 2 is 2.15 bits per heavy atom. The van der Waals surface area contributed by atoms with Crippen LogP contribution in [0.5, 0.6) is 0 Å². The summed E-state index contributed by atoms with van der Waals surface area (Å²) in [6.07, 6.45) is 3.00. The summed E-state index contributed by atoms with van der Waals surface area (Å²) < 4.78 is 21.6. The van der Waals surface area contributed by atoms with Crippen molar-refractivity contribution >= 4 is 45.1 Å². The van der Waals surface area contributed by atoms with Crippen molar-refractivity contribution in [1.82, 2.24) is 4.57 Å². The summed E-state index contributed by atoms with van der Waals surface area (Å²) in [5, 5.41) is 0.561. The van der Waals surface area contributed by atoms with E-state index in [2.05, 4.69) is 4.99 Å². The van der Waals surface area contributed by atoms with E-state index in [0.29, 0.717) is 29.6 Å². The lowest BCUT2D eigenvalue weighted by Gasteiger charge is -2.05. The van der Waals surface area contributed by atoms with Gasteiger partial charge in [0, 0.05) is 24.3 Å². The van der Waals surface area contributed by atoms with Gasteiger partial charge in [-0.05, 0) is 42.8 Å². The van der Waals surface area contributed by atoms with Crippen molar-refractivity contribution in [2.24, 2.45) is 4.99 Å². The Bertz CT molecular complexity index is 1060. The van der Waals surface area contributed by atoms with E-state index in [-0.39, 0.29) is 5.82 Å². The fourth-order valence-corrected chi connectivity index (χ4v) is 3.84. The van der Waals surface area contributed by atoms with Gasteiger partial charge in [-0.3, -0.25) is 4.79 Å². The number of amides is 1. The third-order valence-corrected chi connectivity index (χ3v) is 5.21. The zero-order valence-corrected chi connectivity index (χ0v) is 16.3. The Morgan fingerprint density at radius 3 is 2.93 bits per heavy atom. The summed E-state index contributed by atoms with van der Waals surface area (Å²) in [4.78, 5) is 17.0. The van der Waals surface area contributed by atoms with Crippen LogP contribution in [0, 0.1) is 5.82 Å². The van der Waals surface area contributed by atoms with Crippen LogP contribution in [0.4, 0.5) is 4.39 Å². The van der Waals surface area contributed by atoms with Gasteiger partial charge in [-0.15, -0.1) is 0 Å². The number of ether oxygens (including phenoxy) is 1. The largest absolute Gasteiger partial charge is 0.380 e. The smallest absolute Gasteiger partial charge is 0.272 e. The van der Waals surface area contributed by atoms with E-state index in [9.17, 15) is 9.18 Å². The lowest BCUT2D eigenvalue weighted by Crippen LogP contribution is -2.19. The van der Waals surface area contributed by atoms with Gasteiger partial charge in [0.05, 0.1) is 16.8 Å². The number of thiazole rings is 1. The van der Waals surface area contributed by atoms with Crippen molar-refractivity contribution in [3.8, 4) is 0 Å². The molecule has 4 nitrogen and oxygen atoms in total. The maximum absolute atomic E-state index is 13.5. The molecule has 27 heavy (non-hydrogen) atoms. The van der Waals surface area contributed by atoms with Crippen molar-refractivity contribution in [1.29, 1.82) is 0 Å². The van der Waals surface area contributed by atoms with Crippen LogP contribution in [0.1, 0.15) is 12.5 Å². The maximum Gasteiger partial charge on any atom is 0.272 e. The van der Waals surface area contributed by atoms with Gasteiger partial charge in [0.1, 0.15) is 5.82 Å². The van der Waals surface area contributed by atoms with Crippen LogP contribution in [-0.2, 0) is 16.1 Å². The molecule has 0 radical (unpaired) electrons. The van der Waals surface area contributed by atoms with Gasteiger partial charge in [0.15, 0.2) is 4.80 Å². The number of carbonyl (C=O) groups is 1. The normalized spacial score (nSPS) is 12.3. The number of benzene rings is 2. The second-order valence-electron chi connectivity index (χ2n) is 5.65. The third kappa shape index (κ3) is 4.91. The lowest BCUT2D eigenvalue weighted by molar-refractivity contribution is -0.113. The molecule has 0 bridgehead atoms. The maximum atomic E-state index is 13.5. The fraction of sp³-hybridized carbons (Fsp3) is 0.200. The van der Waals surface area contributed by atoms with Gasteiger partial charge >= 0.3 is 0 Å². The van der Waals surface area contributed by atoms with Crippen molar-refractivity contribution in [3.05, 3.63) is 69.7 Å². The molecule has 7 heteroatoms. The van der Waals surface area contributed by atoms with E-state index >= 15 is 0 Å². The van der Waals surface area contributed by atoms with E-state index in [1.54, 1.807) is 18.2 Å². The molecule has 3 aromatic rings. The molecular formula is C20H18ClFN2O2S. The quantitative estimate of drug-likeness (QED) is 0.442. The first kappa shape index (κ1) is 19.5. The van der Waals surface area contributed by atoms with Crippen molar-refractivity contribution in [2.75, 3.05) is 13.2 Å². The van der Waals surface area contributed by atoms with Gasteiger partial charge < -0.3 is 9.30 Å². The zero-order chi connectivity index (χ0) is 19.2. The van der Waals surface area contributed by atoms with Crippen LogP contribution < -0.4 is 4.80 Å². The zero-order valence-electron chi connectivity index (χ0n) is 14.7. The predicted molar refractivity (Wildman–Crippen MR) is 107 cm³/mol. The number of hydrogen-bond donors (Lipinski definition) is 0. The highest BCUT2D eigenvalue weighted by molar-refractivity contribution is 7.16. The van der Waals surface area contributed by atoms with Crippen LogP contribution in [0.15, 0.2) is 53.5 Å². The number of hydrogen-bond acceptors (Lipinski definition) is 3. The van der Waals surface area contributed by atoms with E-state index in [1.807, 2.05) is 29.7 Å². The second kappa shape index (κ2) is 9.08. The summed E-state index contributed by atoms with van der Waals surface area (Å²) in [5.41, 5.74) is 1.56. The van der Waals surface area contributed by atoms with Crippen molar-refractivity contribution in [3.63, 3.8) is 0 Å². The lowest BCUT2D eigenvalue weighted by atomic mass is 10.2. The van der Waals surface area contributed by atoms with Gasteiger partial charge in [-0.25, -0.2) is 4.39 Å². The molecule has 0 saturated carbocycles. The van der Waals surface area contributed by atoms with Crippen LogP contribution in [0.3, 0.4) is 0 Å². The number of aromatic nitrogens is 1. The van der Waals surface area contributed by atoms with E-state index < -0.39 is 5.91 Å². The molecule has 0 aliphatic carbocycles. The van der Waals surface area contributed by atoms with E-state index in [4.69, 9.17) is 16.3 Å². The van der Waals surface area contributed by atoms with Gasteiger partial charge in [0.25, 0.3) is 5.91 Å². The Kier molecular flexibility index (Phi) is 6.55. The Balaban J connectivity index is 1.94. The minimum absolute atomic E-state index is 0.322. The predicted octanol–water partition coefficient (Wildman–Crippen LogP) is 4.67. The van der Waals surface area contributed by atoms with Crippen LogP contribution >= 0.6 is 22.9 Å². The topological polar surface area (TPSA) is 43.6 Å². The molecule has 0 saturated heterocycles. The van der Waals surface area contributed by atoms with Crippen LogP contribution in [-0.4, -0.2) is 23.7 Å². The van der Waals surface area contributed by atoms with Crippen LogP contribution in [0.2, 0.25) is 5.02 Å². The highest BCUT2D eigenvalue weighted by Crippen LogP contribution is 2.19. The average molecular weight is 405 g/mol. The highest BCUT2D eigenvalue weighted by Gasteiger charge is 2.08. The molecule has 0 atom stereocenters. The first-order valence-electron chi connectivity index (χ1n) is 8.46. The molecule has 0 spiro atoms. The Labute approximate surface area is 165 Å². The number of rotatable bonds is 6. The van der Waals surface area contributed by atoms with E-state index in [1.165, 1.54) is 29.5 Å². The Hall–Kier alpha value is -2.28. The van der Waals surface area contributed by atoms with Crippen molar-refractivity contribution in [2.45, 2.75) is 13.5 Å². The summed E-state index contributed by atoms with van der Waals surface area (Å²) in [6.45, 7) is 3.53. The molecule has 0 N–H and O–H groups in total. The molecule has 3 rings (SSSR count). The first-order valence-corrected chi connectivity index (χ1v) is 9.66. The average Bonchev–Trinajstić information content (AvgIpc) is 2.97. The molecule has 2 aromatic carbocycles. The molecule has 0 unspecified atom stereocenters. The van der Waals surface area contributed by atoms with Crippen molar-refractivity contribution < 1.29 is 13.9 Å². The second-order valence-corrected chi connectivity index (χ2v) is 7.07. The first-order chi connectivity index (χ1) is 13.1. The molecule has 1 heterocycles. The summed E-state index contributed by atoms with van der Waals surface area (Å²) >= 11 is 7.36. The molecule has 0 aliphatic heterocycles. The van der Waals surface area contributed by atoms with Gasteiger partial charge in [-0.1, -0.05) is 41.1 Å². The number of carbonyl (C=O) groups excluding carboxylic acids is 1. The number of nitrogens with zero attached hydrogens (tertiary/aromatic N) is 2. The molecule has 140 valence electrons. The number of fused-ring (bicyclic) bond motifs is 1. The molecule has 0 fully saturated rings. The minimum atomic E-state index is -0.410. The summed E-state index contributed by atoms with van der Waals surface area (Å²) in [7, 11) is 0. The monoisotopic (exact) mass is 404 g/mol. The highest BCUT2D eigenvalue weighted by atomic mass is 35.5. The SMILES string of the molecule is CCOCCn1c(=NC(=O)/C=C/c2ccccc2Cl)sc2cc(F)ccc21. The summed E-state index contributed by atoms with van der Waals surface area (Å²) in [5.74, 6) is -0.732. The Morgan fingerprint density at radius 1 is 1.33 bits per heavy atom. The molecular weight excluding hydrogens is 387 g/mol. The summed E-state index contributed by atoms with van der Waals surface area (Å²) in [6, 6.07) is 11.8. The van der Waals surface area contributed by atoms with E-state index in [0.717, 1.165) is 15.8 Å². The number of halogens is 2. The minimum Gasteiger partial charge on any atom is -0.380 e. The third-order valence-electron chi connectivity index (χ3n) is 3.82. The fourth-order valence-electron chi connectivity index (χ4n) is 2.55.